The molecule has 4 amide bonds. The summed E-state index contributed by atoms with van der Waals surface area (Å²) >= 11 is 1.58. The SMILES string of the molecule is CN1CC(=O)N(CCCC(=O)Nc2ccc(-c3cn4ccsc4n3)cc2)C1=O. The summed E-state index contributed by atoms with van der Waals surface area (Å²) in [7, 11) is 1.59. The molecule has 144 valence electrons. The van der Waals surface area contributed by atoms with Crippen molar-refractivity contribution in [3.63, 3.8) is 0 Å². The number of rotatable bonds is 6. The van der Waals surface area contributed by atoms with Gasteiger partial charge in [-0.1, -0.05) is 12.1 Å². The van der Waals surface area contributed by atoms with Gasteiger partial charge in [0.15, 0.2) is 4.96 Å². The van der Waals surface area contributed by atoms with Crippen LogP contribution in [0.15, 0.2) is 42.0 Å². The lowest BCUT2D eigenvalue weighted by Crippen LogP contribution is -2.32. The number of imidazole rings is 1. The minimum absolute atomic E-state index is 0.103. The number of thiazole rings is 1. The predicted molar refractivity (Wildman–Crippen MR) is 106 cm³/mol. The van der Waals surface area contributed by atoms with Gasteiger partial charge in [-0.05, 0) is 18.6 Å². The Balaban J connectivity index is 1.29. The van der Waals surface area contributed by atoms with Crippen molar-refractivity contribution in [3.8, 4) is 11.3 Å². The number of fused-ring (bicyclic) bond motifs is 1. The van der Waals surface area contributed by atoms with Gasteiger partial charge in [0, 0.05) is 49.0 Å². The number of nitrogens with one attached hydrogen (secondary N) is 1. The highest BCUT2D eigenvalue weighted by atomic mass is 32.1. The molecule has 1 N–H and O–H groups in total. The molecule has 1 saturated heterocycles. The van der Waals surface area contributed by atoms with Crippen LogP contribution in [0.2, 0.25) is 0 Å². The molecule has 0 unspecified atom stereocenters. The van der Waals surface area contributed by atoms with Crippen molar-refractivity contribution in [2.24, 2.45) is 0 Å². The Morgan fingerprint density at radius 3 is 2.71 bits per heavy atom. The Labute approximate surface area is 165 Å². The molecular formula is C19H19N5O3S. The van der Waals surface area contributed by atoms with Crippen LogP contribution in [0, 0.1) is 0 Å². The second-order valence-corrected chi connectivity index (χ2v) is 7.51. The maximum Gasteiger partial charge on any atom is 0.326 e. The molecular weight excluding hydrogens is 378 g/mol. The molecule has 4 rings (SSSR count). The third-order valence-corrected chi connectivity index (χ3v) is 5.34. The summed E-state index contributed by atoms with van der Waals surface area (Å²) < 4.78 is 1.98. The first-order chi connectivity index (χ1) is 13.5. The van der Waals surface area contributed by atoms with E-state index in [-0.39, 0.29) is 37.4 Å². The lowest BCUT2D eigenvalue weighted by atomic mass is 10.1. The maximum atomic E-state index is 12.1. The van der Waals surface area contributed by atoms with E-state index in [0.717, 1.165) is 16.2 Å². The predicted octanol–water partition coefficient (Wildman–Crippen LogP) is 2.68. The smallest absolute Gasteiger partial charge is 0.326 e. The molecule has 0 atom stereocenters. The minimum atomic E-state index is -0.305. The number of benzene rings is 1. The molecule has 0 radical (unpaired) electrons. The Morgan fingerprint density at radius 1 is 1.25 bits per heavy atom. The van der Waals surface area contributed by atoms with E-state index in [9.17, 15) is 14.4 Å². The van der Waals surface area contributed by atoms with Gasteiger partial charge in [0.25, 0.3) is 0 Å². The van der Waals surface area contributed by atoms with E-state index in [1.54, 1.807) is 18.4 Å². The molecule has 9 heteroatoms. The van der Waals surface area contributed by atoms with Crippen molar-refractivity contribution in [2.45, 2.75) is 12.8 Å². The van der Waals surface area contributed by atoms with Crippen molar-refractivity contribution < 1.29 is 14.4 Å². The number of imide groups is 1. The van der Waals surface area contributed by atoms with Gasteiger partial charge in [-0.25, -0.2) is 9.78 Å². The van der Waals surface area contributed by atoms with Gasteiger partial charge in [0.2, 0.25) is 11.8 Å². The first-order valence-electron chi connectivity index (χ1n) is 8.89. The number of nitrogens with zero attached hydrogens (tertiary/aromatic N) is 4. The summed E-state index contributed by atoms with van der Waals surface area (Å²) in [5.41, 5.74) is 2.56. The molecule has 1 fully saturated rings. The second-order valence-electron chi connectivity index (χ2n) is 6.63. The van der Waals surface area contributed by atoms with Crippen LogP contribution in [0.25, 0.3) is 16.2 Å². The van der Waals surface area contributed by atoms with Crippen molar-refractivity contribution in [1.29, 1.82) is 0 Å². The maximum absolute atomic E-state index is 12.1. The van der Waals surface area contributed by atoms with Crippen molar-refractivity contribution in [2.75, 3.05) is 25.5 Å². The number of aromatic nitrogens is 2. The summed E-state index contributed by atoms with van der Waals surface area (Å²) in [5.74, 6) is -0.370. The van der Waals surface area contributed by atoms with E-state index >= 15 is 0 Å². The lowest BCUT2D eigenvalue weighted by molar-refractivity contribution is -0.125. The number of hydrogen-bond acceptors (Lipinski definition) is 5. The number of carbonyl (C=O) groups is 3. The number of hydrogen-bond donors (Lipinski definition) is 1. The Kier molecular flexibility index (Phi) is 4.82. The summed E-state index contributed by atoms with van der Waals surface area (Å²) in [5, 5.41) is 4.82. The standard InChI is InChI=1S/C19H19N5O3S/c1-22-12-17(26)24(19(22)27)8-2-3-16(25)20-14-6-4-13(5-7-14)15-11-23-9-10-28-18(23)21-15/h4-7,9-11H,2-3,8,12H2,1H3,(H,20,25). The second kappa shape index (κ2) is 7.43. The molecule has 2 aromatic heterocycles. The largest absolute Gasteiger partial charge is 0.326 e. The molecule has 1 aromatic carbocycles. The van der Waals surface area contributed by atoms with Crippen LogP contribution in [-0.4, -0.2) is 57.2 Å². The van der Waals surface area contributed by atoms with Crippen LogP contribution in [0.4, 0.5) is 10.5 Å². The molecule has 0 spiro atoms. The fraction of sp³-hybridized carbons (Fsp3) is 0.263. The molecule has 8 nitrogen and oxygen atoms in total. The van der Waals surface area contributed by atoms with E-state index in [1.807, 2.05) is 46.4 Å². The number of likely N-dealkylation sites (N-methyl/N-ethyl adjacent to an activating group) is 1. The molecule has 28 heavy (non-hydrogen) atoms. The zero-order chi connectivity index (χ0) is 19.7. The third-order valence-electron chi connectivity index (χ3n) is 4.57. The van der Waals surface area contributed by atoms with Gasteiger partial charge in [-0.3, -0.25) is 18.9 Å². The van der Waals surface area contributed by atoms with Crippen LogP contribution >= 0.6 is 11.3 Å². The monoisotopic (exact) mass is 397 g/mol. The average Bonchev–Trinajstić information content (AvgIpc) is 3.32. The molecule has 1 aliphatic heterocycles. The summed E-state index contributed by atoms with van der Waals surface area (Å²) in [4.78, 5) is 43.7. The van der Waals surface area contributed by atoms with Gasteiger partial charge in [-0.2, -0.15) is 0 Å². The lowest BCUT2D eigenvalue weighted by Gasteiger charge is -2.13. The van der Waals surface area contributed by atoms with Gasteiger partial charge in [0.1, 0.15) is 6.54 Å². The zero-order valence-corrected chi connectivity index (χ0v) is 16.1. The van der Waals surface area contributed by atoms with Crippen LogP contribution in [0.3, 0.4) is 0 Å². The van der Waals surface area contributed by atoms with E-state index < -0.39 is 0 Å². The van der Waals surface area contributed by atoms with E-state index in [1.165, 1.54) is 9.80 Å². The number of urea groups is 1. The zero-order valence-electron chi connectivity index (χ0n) is 15.3. The molecule has 3 heterocycles. The molecule has 0 bridgehead atoms. The molecule has 1 aliphatic rings. The summed E-state index contributed by atoms with van der Waals surface area (Å²) in [6, 6.07) is 7.20. The fourth-order valence-electron chi connectivity index (χ4n) is 3.10. The van der Waals surface area contributed by atoms with Crippen LogP contribution in [-0.2, 0) is 9.59 Å². The first-order valence-corrected chi connectivity index (χ1v) is 9.77. The topological polar surface area (TPSA) is 87.0 Å². The molecule has 3 aromatic rings. The van der Waals surface area contributed by atoms with E-state index in [4.69, 9.17) is 0 Å². The normalized spacial score (nSPS) is 14.3. The van der Waals surface area contributed by atoms with E-state index in [0.29, 0.717) is 12.1 Å². The van der Waals surface area contributed by atoms with E-state index in [2.05, 4.69) is 10.3 Å². The summed E-state index contributed by atoms with van der Waals surface area (Å²) in [6.45, 7) is 0.359. The van der Waals surface area contributed by atoms with Gasteiger partial charge < -0.3 is 10.2 Å². The van der Waals surface area contributed by atoms with Crippen LogP contribution in [0.5, 0.6) is 0 Å². The highest BCUT2D eigenvalue weighted by Gasteiger charge is 2.32. The molecule has 0 saturated carbocycles. The Bertz CT molecular complexity index is 1010. The first kappa shape index (κ1) is 18.2. The average molecular weight is 397 g/mol. The number of anilines is 1. The van der Waals surface area contributed by atoms with Crippen molar-refractivity contribution in [1.82, 2.24) is 19.2 Å². The van der Waals surface area contributed by atoms with Crippen molar-refractivity contribution in [3.05, 3.63) is 42.0 Å². The Morgan fingerprint density at radius 2 is 2.04 bits per heavy atom. The van der Waals surface area contributed by atoms with Gasteiger partial charge in [-0.15, -0.1) is 11.3 Å². The van der Waals surface area contributed by atoms with Gasteiger partial charge in [0.05, 0.1) is 5.69 Å². The highest BCUT2D eigenvalue weighted by Crippen LogP contribution is 2.23. The number of amides is 4. The third kappa shape index (κ3) is 3.61. The molecule has 0 aliphatic carbocycles. The van der Waals surface area contributed by atoms with Crippen LogP contribution < -0.4 is 5.32 Å². The number of carbonyl (C=O) groups excluding carboxylic acids is 3. The minimum Gasteiger partial charge on any atom is -0.326 e. The van der Waals surface area contributed by atoms with Gasteiger partial charge >= 0.3 is 6.03 Å². The van der Waals surface area contributed by atoms with Crippen LogP contribution in [0.1, 0.15) is 12.8 Å². The Hall–Kier alpha value is -3.20. The fourth-order valence-corrected chi connectivity index (χ4v) is 3.80. The van der Waals surface area contributed by atoms with Crippen molar-refractivity contribution >= 4 is 39.8 Å². The highest BCUT2D eigenvalue weighted by molar-refractivity contribution is 7.15. The summed E-state index contributed by atoms with van der Waals surface area (Å²) in [6.07, 6.45) is 4.60. The quantitative estimate of drug-likeness (QED) is 0.648.